The first-order chi connectivity index (χ1) is 29.9. The van der Waals surface area contributed by atoms with E-state index in [1.807, 2.05) is 84.9 Å². The van der Waals surface area contributed by atoms with Crippen molar-refractivity contribution in [3.63, 3.8) is 0 Å². The van der Waals surface area contributed by atoms with Crippen molar-refractivity contribution in [3.05, 3.63) is 156 Å². The first-order valence-corrected chi connectivity index (χ1v) is 22.9. The average molecular weight is 832 g/mol. The summed E-state index contributed by atoms with van der Waals surface area (Å²) in [5.41, 5.74) is 8.77. The number of aromatic nitrogens is 1. The number of nitrogens with zero attached hydrogens (tertiary/aromatic N) is 1. The molecule has 4 bridgehead atoms. The van der Waals surface area contributed by atoms with E-state index in [-0.39, 0.29) is 36.3 Å². The van der Waals surface area contributed by atoms with Crippen LogP contribution in [-0.2, 0) is 22.6 Å². The Morgan fingerprint density at radius 2 is 1.36 bits per heavy atom. The molecule has 1 aliphatic heterocycles. The highest BCUT2D eigenvalue weighted by Gasteiger charge is 2.51. The molecular weight excluding hydrogens is 779 g/mol. The van der Waals surface area contributed by atoms with Crippen molar-refractivity contribution >= 4 is 17.8 Å². The first-order valence-electron chi connectivity index (χ1n) is 21.9. The second kappa shape index (κ2) is 17.3. The Bertz CT molecular complexity index is 2350. The molecular formula is C52H53N3O5S. The maximum Gasteiger partial charge on any atom is 0.315 e. The van der Waals surface area contributed by atoms with E-state index >= 15 is 0 Å². The number of rotatable bonds is 12. The normalized spacial score (nSPS) is 26.6. The number of aliphatic hydroxyl groups is 1. The Labute approximate surface area is 362 Å². The molecule has 312 valence electrons. The molecule has 4 aliphatic carbocycles. The minimum absolute atomic E-state index is 0.000304. The van der Waals surface area contributed by atoms with Crippen LogP contribution >= 0.6 is 11.8 Å². The van der Waals surface area contributed by atoms with E-state index in [0.717, 1.165) is 93.0 Å². The minimum atomic E-state index is -0.618. The number of thioether (sulfide) groups is 1. The summed E-state index contributed by atoms with van der Waals surface area (Å²) in [6.45, 7) is 2.60. The smallest absolute Gasteiger partial charge is 0.315 e. The molecule has 0 spiro atoms. The predicted molar refractivity (Wildman–Crippen MR) is 239 cm³/mol. The van der Waals surface area contributed by atoms with E-state index in [2.05, 4.69) is 66.1 Å². The molecule has 5 fully saturated rings. The van der Waals surface area contributed by atoms with E-state index in [1.165, 1.54) is 19.3 Å². The molecule has 3 N–H and O–H groups in total. The van der Waals surface area contributed by atoms with Crippen LogP contribution in [0, 0.1) is 23.7 Å². The van der Waals surface area contributed by atoms with E-state index in [1.54, 1.807) is 11.8 Å². The Kier molecular flexibility index (Phi) is 11.3. The van der Waals surface area contributed by atoms with Crippen molar-refractivity contribution < 1.29 is 23.8 Å². The van der Waals surface area contributed by atoms with E-state index in [4.69, 9.17) is 18.9 Å². The molecule has 2 amide bonds. The fraction of sp³-hybridized carbons (Fsp3) is 0.346. The quantitative estimate of drug-likeness (QED) is 0.105. The zero-order chi connectivity index (χ0) is 41.3. The van der Waals surface area contributed by atoms with Crippen LogP contribution in [0.25, 0.3) is 33.7 Å². The molecule has 9 heteroatoms. The lowest BCUT2D eigenvalue weighted by molar-refractivity contribution is -0.268. The summed E-state index contributed by atoms with van der Waals surface area (Å²) in [5.74, 6) is 3.67. The summed E-state index contributed by atoms with van der Waals surface area (Å²) in [4.78, 5) is 18.4. The molecule has 6 aromatic rings. The second-order valence-corrected chi connectivity index (χ2v) is 18.8. The summed E-state index contributed by atoms with van der Waals surface area (Å²) in [5, 5.41) is 17.0. The topological polar surface area (TPSA) is 106 Å². The van der Waals surface area contributed by atoms with Crippen LogP contribution in [0.5, 0.6) is 0 Å². The summed E-state index contributed by atoms with van der Waals surface area (Å²) in [6, 6.07) is 44.9. The lowest BCUT2D eigenvalue weighted by Gasteiger charge is -2.56. The molecule has 1 aromatic heterocycles. The zero-order valence-electron chi connectivity index (χ0n) is 34.5. The van der Waals surface area contributed by atoms with Gasteiger partial charge in [-0.25, -0.2) is 9.78 Å². The lowest BCUT2D eigenvalue weighted by atomic mass is 9.53. The fourth-order valence-corrected chi connectivity index (χ4v) is 11.9. The van der Waals surface area contributed by atoms with E-state index in [0.29, 0.717) is 17.5 Å². The maximum absolute atomic E-state index is 13.4. The van der Waals surface area contributed by atoms with Crippen LogP contribution in [0.4, 0.5) is 4.79 Å². The standard InChI is InChI=1S/C52H53N3O5S/c1-33-45(32-61-51-54-46(39-10-4-2-5-11-39)48(60-51)40-12-6-3-7-13-40)58-49(59-47(33)41-18-16-34(31-56)17-19-41)42-22-20-38(21-23-42)44-15-9-8-14-43(44)30-53-50(57)55-52-27-35-24-36(28-52)26-37(25-35)29-52/h2-23,33,35-37,45,47,49,56H,24-32H2,1H3,(H2,53,55,57). The molecule has 5 aliphatic rings. The van der Waals surface area contributed by atoms with Gasteiger partial charge in [-0.3, -0.25) is 0 Å². The van der Waals surface area contributed by atoms with Crippen molar-refractivity contribution in [1.82, 2.24) is 15.6 Å². The van der Waals surface area contributed by atoms with Gasteiger partial charge in [-0.1, -0.05) is 152 Å². The fourth-order valence-electron chi connectivity index (χ4n) is 10.9. The molecule has 11 rings (SSSR count). The molecule has 5 aromatic carbocycles. The minimum Gasteiger partial charge on any atom is -0.431 e. The third-order valence-electron chi connectivity index (χ3n) is 13.6. The van der Waals surface area contributed by atoms with E-state index < -0.39 is 6.29 Å². The van der Waals surface area contributed by atoms with Gasteiger partial charge in [-0.2, -0.15) is 0 Å². The molecule has 2 heterocycles. The number of oxazole rings is 1. The molecule has 61 heavy (non-hydrogen) atoms. The Balaban J connectivity index is 0.861. The highest BCUT2D eigenvalue weighted by Crippen LogP contribution is 2.55. The van der Waals surface area contributed by atoms with E-state index in [9.17, 15) is 9.90 Å². The second-order valence-electron chi connectivity index (χ2n) is 17.8. The van der Waals surface area contributed by atoms with Gasteiger partial charge >= 0.3 is 6.03 Å². The number of hydrogen-bond donors (Lipinski definition) is 3. The number of ether oxygens (including phenoxy) is 2. The monoisotopic (exact) mass is 831 g/mol. The highest BCUT2D eigenvalue weighted by molar-refractivity contribution is 7.99. The van der Waals surface area contributed by atoms with Crippen molar-refractivity contribution in [1.29, 1.82) is 0 Å². The number of aliphatic hydroxyl groups excluding tert-OH is 1. The number of urea groups is 1. The SMILES string of the molecule is CC1C(CSc2nc(-c3ccccc3)c(-c3ccccc3)o2)OC(c2ccc(-c3ccccc3CNC(=O)NC34CC5CC(CC(C5)C3)C4)cc2)OC1c1ccc(CO)cc1. The van der Waals surface area contributed by atoms with Crippen LogP contribution in [-0.4, -0.2) is 33.5 Å². The Morgan fingerprint density at radius 3 is 2.03 bits per heavy atom. The van der Waals surface area contributed by atoms with Gasteiger partial charge in [0.25, 0.3) is 5.22 Å². The van der Waals surface area contributed by atoms with Crippen LogP contribution in [0.3, 0.4) is 0 Å². The average Bonchev–Trinajstić information content (AvgIpc) is 3.73. The summed E-state index contributed by atoms with van der Waals surface area (Å²) in [6.07, 6.45) is 6.37. The van der Waals surface area contributed by atoms with Gasteiger partial charge in [0.1, 0.15) is 5.69 Å². The Morgan fingerprint density at radius 1 is 0.738 bits per heavy atom. The summed E-state index contributed by atoms with van der Waals surface area (Å²) in [7, 11) is 0. The molecule has 4 unspecified atom stereocenters. The summed E-state index contributed by atoms with van der Waals surface area (Å²) >= 11 is 1.55. The van der Waals surface area contributed by atoms with Crippen LogP contribution < -0.4 is 10.6 Å². The van der Waals surface area contributed by atoms with Crippen molar-refractivity contribution in [2.45, 2.75) is 87.9 Å². The number of amides is 2. The summed E-state index contributed by atoms with van der Waals surface area (Å²) < 4.78 is 20.1. The maximum atomic E-state index is 13.4. The van der Waals surface area contributed by atoms with Crippen LogP contribution in [0.15, 0.2) is 143 Å². The molecule has 4 atom stereocenters. The molecule has 8 nitrogen and oxygen atoms in total. The van der Waals surface area contributed by atoms with Crippen molar-refractivity contribution in [3.8, 4) is 33.7 Å². The predicted octanol–water partition coefficient (Wildman–Crippen LogP) is 11.5. The van der Waals surface area contributed by atoms with Gasteiger partial charge in [-0.05, 0) is 84.1 Å². The third-order valence-corrected chi connectivity index (χ3v) is 14.5. The number of hydrogen-bond acceptors (Lipinski definition) is 7. The molecule has 4 saturated carbocycles. The number of carbonyl (C=O) groups is 1. The van der Waals surface area contributed by atoms with Crippen molar-refractivity contribution in [2.24, 2.45) is 23.7 Å². The Hall–Kier alpha value is -5.19. The largest absolute Gasteiger partial charge is 0.431 e. The van der Waals surface area contributed by atoms with Gasteiger partial charge in [-0.15, -0.1) is 0 Å². The van der Waals surface area contributed by atoms with Gasteiger partial charge in [0, 0.05) is 40.4 Å². The first kappa shape index (κ1) is 39.9. The molecule has 0 radical (unpaired) electrons. The van der Waals surface area contributed by atoms with Crippen LogP contribution in [0.1, 0.15) is 80.1 Å². The van der Waals surface area contributed by atoms with Crippen LogP contribution in [0.2, 0.25) is 0 Å². The molecule has 1 saturated heterocycles. The number of carbonyl (C=O) groups excluding carboxylic acids is 1. The zero-order valence-corrected chi connectivity index (χ0v) is 35.4. The van der Waals surface area contributed by atoms with Gasteiger partial charge in [0.2, 0.25) is 0 Å². The van der Waals surface area contributed by atoms with Gasteiger partial charge in [0.05, 0.1) is 18.8 Å². The van der Waals surface area contributed by atoms with Crippen molar-refractivity contribution in [2.75, 3.05) is 5.75 Å². The number of benzene rings is 5. The number of nitrogens with one attached hydrogen (secondary N) is 2. The van der Waals surface area contributed by atoms with Gasteiger partial charge in [0.15, 0.2) is 12.1 Å². The third kappa shape index (κ3) is 8.54. The highest BCUT2D eigenvalue weighted by atomic mass is 32.2. The lowest BCUT2D eigenvalue weighted by Crippen LogP contribution is -2.61. The van der Waals surface area contributed by atoms with Gasteiger partial charge < -0.3 is 29.6 Å².